The molecule has 2 rings (SSSR count). The first kappa shape index (κ1) is 9.64. The fourth-order valence-electron chi connectivity index (χ4n) is 1.40. The summed E-state index contributed by atoms with van der Waals surface area (Å²) in [5, 5.41) is 4.01. The molecular weight excluding hydrogens is 192 g/mol. The molecule has 0 atom stereocenters. The lowest BCUT2D eigenvalue weighted by molar-refractivity contribution is 0.0988. The molecule has 0 fully saturated rings. The molecule has 0 saturated heterocycles. The third-order valence-electron chi connectivity index (χ3n) is 2.11. The van der Waals surface area contributed by atoms with Gasteiger partial charge in [-0.05, 0) is 5.56 Å². The lowest BCUT2D eigenvalue weighted by atomic mass is 10.1. The summed E-state index contributed by atoms with van der Waals surface area (Å²) in [7, 11) is 3.67. The Balaban J connectivity index is 2.10. The van der Waals surface area contributed by atoms with E-state index < -0.39 is 0 Å². The van der Waals surface area contributed by atoms with Crippen LogP contribution >= 0.6 is 0 Å². The van der Waals surface area contributed by atoms with Gasteiger partial charge in [-0.1, -0.05) is 0 Å². The van der Waals surface area contributed by atoms with E-state index in [9.17, 15) is 4.79 Å². The minimum Gasteiger partial charge on any atom is -0.340 e. The van der Waals surface area contributed by atoms with Gasteiger partial charge >= 0.3 is 0 Å². The number of Topliss-reactive ketones (excluding diaryl/α,β-unsaturated/α-hetero) is 1. The van der Waals surface area contributed by atoms with Crippen molar-refractivity contribution in [1.82, 2.24) is 19.3 Å². The number of aryl methyl sites for hydroxylation is 2. The molecule has 78 valence electrons. The fourth-order valence-corrected chi connectivity index (χ4v) is 1.40. The van der Waals surface area contributed by atoms with E-state index >= 15 is 0 Å². The van der Waals surface area contributed by atoms with Crippen molar-refractivity contribution < 1.29 is 4.79 Å². The van der Waals surface area contributed by atoms with Crippen LogP contribution in [-0.4, -0.2) is 25.1 Å². The van der Waals surface area contributed by atoms with Gasteiger partial charge in [0.25, 0.3) is 0 Å². The zero-order valence-electron chi connectivity index (χ0n) is 8.71. The minimum atomic E-state index is 0.0172. The second kappa shape index (κ2) is 3.68. The molecule has 0 spiro atoms. The summed E-state index contributed by atoms with van der Waals surface area (Å²) < 4.78 is 3.44. The highest BCUT2D eigenvalue weighted by Gasteiger charge is 2.10. The number of hydrogen-bond acceptors (Lipinski definition) is 3. The van der Waals surface area contributed by atoms with Gasteiger partial charge < -0.3 is 4.57 Å². The zero-order valence-corrected chi connectivity index (χ0v) is 8.71. The maximum atomic E-state index is 11.7. The number of carbonyl (C=O) groups excluding carboxylic acids is 1. The van der Waals surface area contributed by atoms with Gasteiger partial charge in [-0.25, -0.2) is 4.98 Å². The summed E-state index contributed by atoms with van der Waals surface area (Å²) in [6.07, 6.45) is 7.22. The van der Waals surface area contributed by atoms with Crippen molar-refractivity contribution in [3.63, 3.8) is 0 Å². The number of carbonyl (C=O) groups is 1. The van der Waals surface area contributed by atoms with Crippen molar-refractivity contribution in [2.45, 2.75) is 6.42 Å². The summed E-state index contributed by atoms with van der Waals surface area (Å²) in [6.45, 7) is 0. The van der Waals surface area contributed by atoms with Gasteiger partial charge in [0.15, 0.2) is 5.78 Å². The van der Waals surface area contributed by atoms with Gasteiger partial charge in [0.2, 0.25) is 0 Å². The van der Waals surface area contributed by atoms with Gasteiger partial charge in [0.1, 0.15) is 5.69 Å². The molecule has 5 nitrogen and oxygen atoms in total. The highest BCUT2D eigenvalue weighted by molar-refractivity contribution is 5.95. The molecule has 2 aromatic rings. The fraction of sp³-hybridized carbons (Fsp3) is 0.300. The summed E-state index contributed by atoms with van der Waals surface area (Å²) in [5.41, 5.74) is 1.41. The van der Waals surface area contributed by atoms with Crippen LogP contribution in [0.4, 0.5) is 0 Å². The lowest BCUT2D eigenvalue weighted by Gasteiger charge is -1.93. The van der Waals surface area contributed by atoms with Crippen molar-refractivity contribution in [3.8, 4) is 0 Å². The van der Waals surface area contributed by atoms with Gasteiger partial charge in [-0.3, -0.25) is 9.48 Å². The van der Waals surface area contributed by atoms with E-state index in [1.807, 2.05) is 20.3 Å². The van der Waals surface area contributed by atoms with Gasteiger partial charge in [-0.2, -0.15) is 5.10 Å². The molecule has 0 aliphatic rings. The molecule has 0 radical (unpaired) electrons. The summed E-state index contributed by atoms with van der Waals surface area (Å²) in [5.74, 6) is 0.0172. The Bertz CT molecular complexity index is 483. The van der Waals surface area contributed by atoms with E-state index in [1.54, 1.807) is 28.0 Å². The topological polar surface area (TPSA) is 52.7 Å². The van der Waals surface area contributed by atoms with Gasteiger partial charge in [-0.15, -0.1) is 0 Å². The molecule has 0 N–H and O–H groups in total. The average Bonchev–Trinajstić information content (AvgIpc) is 2.75. The Morgan fingerprint density at radius 2 is 2.20 bits per heavy atom. The molecule has 0 amide bonds. The standard InChI is InChI=1S/C10H12N4O/c1-13-6-9(11-7-13)10(15)3-8-4-12-14(2)5-8/h4-7H,3H2,1-2H3. The lowest BCUT2D eigenvalue weighted by Crippen LogP contribution is -2.03. The number of aromatic nitrogens is 4. The van der Waals surface area contributed by atoms with Crippen LogP contribution in [0.2, 0.25) is 0 Å². The molecule has 2 heterocycles. The Labute approximate surface area is 87.4 Å². The van der Waals surface area contributed by atoms with Crippen LogP contribution in [0, 0.1) is 0 Å². The van der Waals surface area contributed by atoms with Crippen LogP contribution in [0.3, 0.4) is 0 Å². The van der Waals surface area contributed by atoms with Crippen LogP contribution in [-0.2, 0) is 20.5 Å². The average molecular weight is 204 g/mol. The molecule has 0 aliphatic heterocycles. The van der Waals surface area contributed by atoms with Crippen molar-refractivity contribution in [3.05, 3.63) is 36.2 Å². The van der Waals surface area contributed by atoms with E-state index in [4.69, 9.17) is 0 Å². The third kappa shape index (κ3) is 2.12. The quantitative estimate of drug-likeness (QED) is 0.687. The van der Waals surface area contributed by atoms with Crippen molar-refractivity contribution in [2.75, 3.05) is 0 Å². The van der Waals surface area contributed by atoms with Crippen molar-refractivity contribution >= 4 is 5.78 Å². The smallest absolute Gasteiger partial charge is 0.187 e. The van der Waals surface area contributed by atoms with Crippen molar-refractivity contribution in [2.24, 2.45) is 14.1 Å². The summed E-state index contributed by atoms with van der Waals surface area (Å²) in [6, 6.07) is 0. The first-order valence-corrected chi connectivity index (χ1v) is 4.64. The molecule has 5 heteroatoms. The van der Waals surface area contributed by atoms with Crippen LogP contribution in [0.25, 0.3) is 0 Å². The number of ketones is 1. The summed E-state index contributed by atoms with van der Waals surface area (Å²) >= 11 is 0. The van der Waals surface area contributed by atoms with E-state index in [-0.39, 0.29) is 5.78 Å². The van der Waals surface area contributed by atoms with E-state index in [1.165, 1.54) is 0 Å². The van der Waals surface area contributed by atoms with Crippen molar-refractivity contribution in [1.29, 1.82) is 0 Å². The Morgan fingerprint density at radius 3 is 2.73 bits per heavy atom. The molecule has 2 aromatic heterocycles. The van der Waals surface area contributed by atoms with Crippen LogP contribution < -0.4 is 0 Å². The first-order chi connectivity index (χ1) is 7.15. The van der Waals surface area contributed by atoms with Crippen LogP contribution in [0.5, 0.6) is 0 Å². The van der Waals surface area contributed by atoms with E-state index in [0.717, 1.165) is 5.56 Å². The Morgan fingerprint density at radius 1 is 1.40 bits per heavy atom. The number of hydrogen-bond donors (Lipinski definition) is 0. The Kier molecular flexibility index (Phi) is 2.37. The van der Waals surface area contributed by atoms with Gasteiger partial charge in [0.05, 0.1) is 12.5 Å². The molecule has 0 unspecified atom stereocenters. The highest BCUT2D eigenvalue weighted by atomic mass is 16.1. The molecule has 0 aliphatic carbocycles. The van der Waals surface area contributed by atoms with E-state index in [2.05, 4.69) is 10.1 Å². The SMILES string of the molecule is Cn1cnc(C(=O)Cc2cnn(C)c2)c1. The predicted molar refractivity (Wildman–Crippen MR) is 54.5 cm³/mol. The third-order valence-corrected chi connectivity index (χ3v) is 2.11. The summed E-state index contributed by atoms with van der Waals surface area (Å²) in [4.78, 5) is 15.7. The molecule has 15 heavy (non-hydrogen) atoms. The highest BCUT2D eigenvalue weighted by Crippen LogP contribution is 2.04. The normalized spacial score (nSPS) is 10.5. The van der Waals surface area contributed by atoms with Gasteiger partial charge in [0, 0.05) is 32.9 Å². The number of nitrogens with zero attached hydrogens (tertiary/aromatic N) is 4. The molecule has 0 aromatic carbocycles. The number of rotatable bonds is 3. The maximum absolute atomic E-state index is 11.7. The number of imidazole rings is 1. The Hall–Kier alpha value is -1.91. The maximum Gasteiger partial charge on any atom is 0.187 e. The molecule has 0 bridgehead atoms. The largest absolute Gasteiger partial charge is 0.340 e. The first-order valence-electron chi connectivity index (χ1n) is 4.64. The molecular formula is C10H12N4O. The second-order valence-corrected chi connectivity index (χ2v) is 3.55. The molecule has 0 saturated carbocycles. The van der Waals surface area contributed by atoms with Crippen LogP contribution in [0.1, 0.15) is 16.1 Å². The minimum absolute atomic E-state index is 0.0172. The second-order valence-electron chi connectivity index (χ2n) is 3.55. The zero-order chi connectivity index (χ0) is 10.8. The predicted octanol–water partition coefficient (Wildman–Crippen LogP) is 0.579. The van der Waals surface area contributed by atoms with E-state index in [0.29, 0.717) is 12.1 Å². The van der Waals surface area contributed by atoms with Crippen LogP contribution in [0.15, 0.2) is 24.9 Å². The monoisotopic (exact) mass is 204 g/mol.